The standard InChI is InChI=1S/C20H20N2O2/c1-14(2)22(13-16-5-3-15(12-21)4-6-16)20(23)18-7-8-19-17(11-18)9-10-24-19/h3-8,11,14H,9-10,13H2,1-2H3. The van der Waals surface area contributed by atoms with Gasteiger partial charge in [0.05, 0.1) is 18.2 Å². The van der Waals surface area contributed by atoms with Crippen LogP contribution in [-0.2, 0) is 13.0 Å². The molecule has 0 fully saturated rings. The Labute approximate surface area is 142 Å². The summed E-state index contributed by atoms with van der Waals surface area (Å²) in [5.41, 5.74) is 3.44. The van der Waals surface area contributed by atoms with E-state index in [1.165, 1.54) is 0 Å². The predicted octanol–water partition coefficient (Wildman–Crippen LogP) is 3.54. The van der Waals surface area contributed by atoms with Crippen molar-refractivity contribution in [2.24, 2.45) is 0 Å². The van der Waals surface area contributed by atoms with E-state index in [0.717, 1.165) is 23.3 Å². The monoisotopic (exact) mass is 320 g/mol. The molecule has 1 aliphatic rings. The molecule has 3 rings (SSSR count). The second-order valence-electron chi connectivity index (χ2n) is 6.26. The number of benzene rings is 2. The van der Waals surface area contributed by atoms with Crippen molar-refractivity contribution in [2.75, 3.05) is 6.61 Å². The van der Waals surface area contributed by atoms with E-state index in [1.54, 1.807) is 12.1 Å². The molecule has 0 saturated carbocycles. The SMILES string of the molecule is CC(C)N(Cc1ccc(C#N)cc1)C(=O)c1ccc2c(c1)CCO2. The maximum atomic E-state index is 12.9. The smallest absolute Gasteiger partial charge is 0.254 e. The summed E-state index contributed by atoms with van der Waals surface area (Å²) in [4.78, 5) is 14.8. The third-order valence-electron chi connectivity index (χ3n) is 4.26. The lowest BCUT2D eigenvalue weighted by Crippen LogP contribution is -2.36. The number of nitriles is 1. The van der Waals surface area contributed by atoms with Crippen LogP contribution in [0, 0.1) is 11.3 Å². The zero-order chi connectivity index (χ0) is 17.1. The zero-order valence-corrected chi connectivity index (χ0v) is 14.0. The first-order chi connectivity index (χ1) is 11.6. The molecule has 2 aromatic carbocycles. The molecule has 4 nitrogen and oxygen atoms in total. The highest BCUT2D eigenvalue weighted by atomic mass is 16.5. The Kier molecular flexibility index (Phi) is 4.52. The molecular weight excluding hydrogens is 300 g/mol. The predicted molar refractivity (Wildman–Crippen MR) is 91.8 cm³/mol. The highest BCUT2D eigenvalue weighted by molar-refractivity contribution is 5.94. The van der Waals surface area contributed by atoms with Crippen molar-refractivity contribution >= 4 is 5.91 Å². The first-order valence-electron chi connectivity index (χ1n) is 8.14. The van der Waals surface area contributed by atoms with Crippen LogP contribution in [0.4, 0.5) is 0 Å². The summed E-state index contributed by atoms with van der Waals surface area (Å²) in [6.45, 7) is 5.23. The van der Waals surface area contributed by atoms with Crippen LogP contribution in [0.1, 0.15) is 40.9 Å². The van der Waals surface area contributed by atoms with Crippen LogP contribution in [0.3, 0.4) is 0 Å². The minimum Gasteiger partial charge on any atom is -0.493 e. The average molecular weight is 320 g/mol. The highest BCUT2D eigenvalue weighted by Gasteiger charge is 2.21. The fourth-order valence-electron chi connectivity index (χ4n) is 2.86. The van der Waals surface area contributed by atoms with E-state index >= 15 is 0 Å². The molecule has 0 saturated heterocycles. The topological polar surface area (TPSA) is 53.3 Å². The second kappa shape index (κ2) is 6.76. The molecule has 0 spiro atoms. The lowest BCUT2D eigenvalue weighted by molar-refractivity contribution is 0.0690. The Morgan fingerprint density at radius 1 is 1.25 bits per heavy atom. The minimum absolute atomic E-state index is 0.0176. The van der Waals surface area contributed by atoms with E-state index in [4.69, 9.17) is 10.00 Å². The Bertz CT molecular complexity index is 788. The van der Waals surface area contributed by atoms with Crippen LogP contribution >= 0.6 is 0 Å². The van der Waals surface area contributed by atoms with Gasteiger partial charge >= 0.3 is 0 Å². The molecule has 1 heterocycles. The zero-order valence-electron chi connectivity index (χ0n) is 14.0. The third kappa shape index (κ3) is 3.26. The van der Waals surface area contributed by atoms with Gasteiger partial charge in [-0.15, -0.1) is 0 Å². The Morgan fingerprint density at radius 2 is 2.00 bits per heavy atom. The summed E-state index contributed by atoms with van der Waals surface area (Å²) < 4.78 is 5.51. The van der Waals surface area contributed by atoms with Gasteiger partial charge in [-0.1, -0.05) is 12.1 Å². The van der Waals surface area contributed by atoms with Gasteiger partial charge in [0.2, 0.25) is 0 Å². The van der Waals surface area contributed by atoms with E-state index in [0.29, 0.717) is 24.3 Å². The fraction of sp³-hybridized carbons (Fsp3) is 0.300. The van der Waals surface area contributed by atoms with Gasteiger partial charge in [0.25, 0.3) is 5.91 Å². The number of rotatable bonds is 4. The molecule has 24 heavy (non-hydrogen) atoms. The number of amides is 1. The summed E-state index contributed by atoms with van der Waals surface area (Å²) in [5, 5.41) is 8.89. The molecule has 0 radical (unpaired) electrons. The second-order valence-corrected chi connectivity index (χ2v) is 6.26. The molecule has 0 aliphatic carbocycles. The fourth-order valence-corrected chi connectivity index (χ4v) is 2.86. The van der Waals surface area contributed by atoms with Crippen LogP contribution in [0.2, 0.25) is 0 Å². The van der Waals surface area contributed by atoms with Gasteiger partial charge in [0.1, 0.15) is 5.75 Å². The van der Waals surface area contributed by atoms with E-state index in [9.17, 15) is 4.79 Å². The van der Waals surface area contributed by atoms with Crippen LogP contribution in [0.15, 0.2) is 42.5 Å². The van der Waals surface area contributed by atoms with Gasteiger partial charge in [-0.25, -0.2) is 0 Å². The highest BCUT2D eigenvalue weighted by Crippen LogP contribution is 2.27. The molecule has 0 bridgehead atoms. The number of ether oxygens (including phenoxy) is 1. The number of fused-ring (bicyclic) bond motifs is 1. The number of hydrogen-bond donors (Lipinski definition) is 0. The van der Waals surface area contributed by atoms with Crippen LogP contribution < -0.4 is 4.74 Å². The molecular formula is C20H20N2O2. The lowest BCUT2D eigenvalue weighted by atomic mass is 10.1. The molecule has 0 N–H and O–H groups in total. The largest absolute Gasteiger partial charge is 0.493 e. The molecule has 122 valence electrons. The number of carbonyl (C=O) groups excluding carboxylic acids is 1. The summed E-state index contributed by atoms with van der Waals surface area (Å²) in [5.74, 6) is 0.902. The average Bonchev–Trinajstić information content (AvgIpc) is 3.07. The molecule has 1 aliphatic heterocycles. The number of carbonyl (C=O) groups is 1. The van der Waals surface area contributed by atoms with E-state index in [1.807, 2.05) is 49.1 Å². The van der Waals surface area contributed by atoms with Crippen molar-refractivity contribution in [1.29, 1.82) is 5.26 Å². The van der Waals surface area contributed by atoms with Crippen molar-refractivity contribution in [2.45, 2.75) is 32.9 Å². The van der Waals surface area contributed by atoms with Gasteiger partial charge < -0.3 is 9.64 Å². The maximum Gasteiger partial charge on any atom is 0.254 e. The molecule has 0 aromatic heterocycles. The van der Waals surface area contributed by atoms with Crippen molar-refractivity contribution in [3.05, 3.63) is 64.7 Å². The summed E-state index contributed by atoms with van der Waals surface area (Å²) in [6.07, 6.45) is 0.855. The normalized spacial score (nSPS) is 12.4. The first kappa shape index (κ1) is 16.1. The Balaban J connectivity index is 1.82. The van der Waals surface area contributed by atoms with E-state index < -0.39 is 0 Å². The van der Waals surface area contributed by atoms with Crippen molar-refractivity contribution in [1.82, 2.24) is 4.90 Å². The molecule has 4 heteroatoms. The Hall–Kier alpha value is -2.80. The summed E-state index contributed by atoms with van der Waals surface area (Å²) >= 11 is 0. The quantitative estimate of drug-likeness (QED) is 0.866. The van der Waals surface area contributed by atoms with Gasteiger partial charge in [-0.2, -0.15) is 5.26 Å². The first-order valence-corrected chi connectivity index (χ1v) is 8.14. The third-order valence-corrected chi connectivity index (χ3v) is 4.26. The summed E-state index contributed by atoms with van der Waals surface area (Å²) in [6, 6.07) is 15.2. The van der Waals surface area contributed by atoms with Crippen molar-refractivity contribution in [3.8, 4) is 11.8 Å². The lowest BCUT2D eigenvalue weighted by Gasteiger charge is -2.27. The molecule has 0 atom stereocenters. The number of nitrogens with zero attached hydrogens (tertiary/aromatic N) is 2. The molecule has 0 unspecified atom stereocenters. The van der Waals surface area contributed by atoms with Crippen molar-refractivity contribution < 1.29 is 9.53 Å². The maximum absolute atomic E-state index is 12.9. The minimum atomic E-state index is 0.0176. The van der Waals surface area contributed by atoms with Gasteiger partial charge in [-0.05, 0) is 55.3 Å². The van der Waals surface area contributed by atoms with Crippen LogP contribution in [-0.4, -0.2) is 23.5 Å². The molecule has 2 aromatic rings. The van der Waals surface area contributed by atoms with Gasteiger partial charge in [-0.3, -0.25) is 4.79 Å². The van der Waals surface area contributed by atoms with Gasteiger partial charge in [0, 0.05) is 24.6 Å². The molecule has 1 amide bonds. The van der Waals surface area contributed by atoms with E-state index in [2.05, 4.69) is 6.07 Å². The Morgan fingerprint density at radius 3 is 2.67 bits per heavy atom. The van der Waals surface area contributed by atoms with Crippen molar-refractivity contribution in [3.63, 3.8) is 0 Å². The van der Waals surface area contributed by atoms with Gasteiger partial charge in [0.15, 0.2) is 0 Å². The van der Waals surface area contributed by atoms with Crippen LogP contribution in [0.25, 0.3) is 0 Å². The number of hydrogen-bond acceptors (Lipinski definition) is 3. The summed E-state index contributed by atoms with van der Waals surface area (Å²) in [7, 11) is 0. The van der Waals surface area contributed by atoms with Crippen LogP contribution in [0.5, 0.6) is 5.75 Å². The van der Waals surface area contributed by atoms with E-state index in [-0.39, 0.29) is 11.9 Å².